The van der Waals surface area contributed by atoms with Crippen LogP contribution in [0.15, 0.2) is 58.3 Å². The van der Waals surface area contributed by atoms with Gasteiger partial charge in [-0.3, -0.25) is 4.79 Å². The molecule has 0 aromatic heterocycles. The molecule has 1 amide bonds. The first kappa shape index (κ1) is 20.5. The fraction of sp³-hybridized carbons (Fsp3) is 0.316. The van der Waals surface area contributed by atoms with Crippen LogP contribution in [0.3, 0.4) is 0 Å². The van der Waals surface area contributed by atoms with Crippen LogP contribution in [-0.2, 0) is 16.6 Å². The summed E-state index contributed by atoms with van der Waals surface area (Å²) in [6.07, 6.45) is 2.02. The number of amides is 1. The third kappa shape index (κ3) is 5.33. The molecule has 0 heterocycles. The van der Waals surface area contributed by atoms with Crippen molar-refractivity contribution < 1.29 is 13.2 Å². The number of nitrogens with one attached hydrogen (secondary N) is 1. The summed E-state index contributed by atoms with van der Waals surface area (Å²) in [5.74, 6) is -0.153. The predicted octanol–water partition coefficient (Wildman–Crippen LogP) is 3.37. The zero-order chi connectivity index (χ0) is 19.3. The van der Waals surface area contributed by atoms with Gasteiger partial charge in [-0.15, -0.1) is 11.8 Å². The summed E-state index contributed by atoms with van der Waals surface area (Å²) in [6.45, 7) is 4.01. The third-order valence-corrected chi connectivity index (χ3v) is 6.15. The molecule has 0 atom stereocenters. The highest BCUT2D eigenvalue weighted by molar-refractivity contribution is 7.98. The van der Waals surface area contributed by atoms with Crippen LogP contribution in [-0.4, -0.2) is 38.6 Å². The van der Waals surface area contributed by atoms with Crippen molar-refractivity contribution in [3.8, 4) is 0 Å². The summed E-state index contributed by atoms with van der Waals surface area (Å²) in [5, 5.41) is 0. The van der Waals surface area contributed by atoms with Crippen LogP contribution in [0, 0.1) is 0 Å². The van der Waals surface area contributed by atoms with Crippen molar-refractivity contribution in [1.29, 1.82) is 0 Å². The Hall–Kier alpha value is -1.83. The molecule has 0 saturated carbocycles. The lowest BCUT2D eigenvalue weighted by Crippen LogP contribution is -2.30. The molecule has 0 fully saturated rings. The first-order valence-corrected chi connectivity index (χ1v) is 10.9. The maximum absolute atomic E-state index is 12.6. The maximum atomic E-state index is 12.6. The van der Waals surface area contributed by atoms with Crippen molar-refractivity contribution in [1.82, 2.24) is 9.62 Å². The van der Waals surface area contributed by atoms with Crippen LogP contribution in [0.2, 0.25) is 0 Å². The standard InChI is InChI=1S/C19H24N2O3S2/c1-14(2)20-26(23,24)18-11-7-16(8-12-18)19(22)21(3)13-15-5-9-17(25-4)10-6-15/h5-12,14,20H,13H2,1-4H3. The Morgan fingerprint density at radius 3 is 2.15 bits per heavy atom. The average molecular weight is 393 g/mol. The van der Waals surface area contributed by atoms with E-state index in [1.807, 2.05) is 30.5 Å². The molecule has 140 valence electrons. The Morgan fingerprint density at radius 2 is 1.65 bits per heavy atom. The summed E-state index contributed by atoms with van der Waals surface area (Å²) in [6, 6.07) is 13.9. The minimum Gasteiger partial charge on any atom is -0.337 e. The second-order valence-corrected chi connectivity index (χ2v) is 8.90. The second-order valence-electron chi connectivity index (χ2n) is 6.31. The molecule has 5 nitrogen and oxygen atoms in total. The number of rotatable bonds is 7. The largest absolute Gasteiger partial charge is 0.337 e. The summed E-state index contributed by atoms with van der Waals surface area (Å²) in [7, 11) is -1.82. The molecule has 0 aliphatic heterocycles. The van der Waals surface area contributed by atoms with Gasteiger partial charge in [0.2, 0.25) is 10.0 Å². The lowest BCUT2D eigenvalue weighted by atomic mass is 10.1. The van der Waals surface area contributed by atoms with Crippen LogP contribution in [0.5, 0.6) is 0 Å². The van der Waals surface area contributed by atoms with Gasteiger partial charge in [0.05, 0.1) is 4.90 Å². The zero-order valence-corrected chi connectivity index (χ0v) is 17.0. The molecule has 0 bridgehead atoms. The Morgan fingerprint density at radius 1 is 1.08 bits per heavy atom. The van der Waals surface area contributed by atoms with Crippen molar-refractivity contribution >= 4 is 27.7 Å². The molecule has 1 N–H and O–H groups in total. The van der Waals surface area contributed by atoms with E-state index in [0.717, 1.165) is 5.56 Å². The van der Waals surface area contributed by atoms with Crippen molar-refractivity contribution in [2.24, 2.45) is 0 Å². The smallest absolute Gasteiger partial charge is 0.253 e. The highest BCUT2D eigenvalue weighted by atomic mass is 32.2. The van der Waals surface area contributed by atoms with Gasteiger partial charge in [0.15, 0.2) is 0 Å². The third-order valence-electron chi connectivity index (χ3n) is 3.73. The van der Waals surface area contributed by atoms with Crippen LogP contribution in [0.4, 0.5) is 0 Å². The molecule has 0 radical (unpaired) electrons. The molecule has 0 aliphatic rings. The molecular weight excluding hydrogens is 368 g/mol. The SMILES string of the molecule is CSc1ccc(CN(C)C(=O)c2ccc(S(=O)(=O)NC(C)C)cc2)cc1. The minimum atomic E-state index is -3.55. The van der Waals surface area contributed by atoms with E-state index in [-0.39, 0.29) is 16.8 Å². The van der Waals surface area contributed by atoms with E-state index >= 15 is 0 Å². The molecule has 2 aromatic carbocycles. The molecule has 2 aromatic rings. The number of hydrogen-bond acceptors (Lipinski definition) is 4. The molecule has 0 unspecified atom stereocenters. The summed E-state index contributed by atoms with van der Waals surface area (Å²) in [5.41, 5.74) is 1.50. The van der Waals surface area contributed by atoms with E-state index < -0.39 is 10.0 Å². The fourth-order valence-corrected chi connectivity index (χ4v) is 4.11. The Balaban J connectivity index is 2.08. The van der Waals surface area contributed by atoms with Gasteiger partial charge in [0.1, 0.15) is 0 Å². The van der Waals surface area contributed by atoms with Gasteiger partial charge < -0.3 is 4.90 Å². The number of carbonyl (C=O) groups is 1. The maximum Gasteiger partial charge on any atom is 0.253 e. The van der Waals surface area contributed by atoms with E-state index in [1.54, 1.807) is 49.7 Å². The van der Waals surface area contributed by atoms with E-state index in [9.17, 15) is 13.2 Å². The number of sulfonamides is 1. The minimum absolute atomic E-state index is 0.151. The van der Waals surface area contributed by atoms with Gasteiger partial charge in [-0.25, -0.2) is 13.1 Å². The monoisotopic (exact) mass is 392 g/mol. The number of hydrogen-bond donors (Lipinski definition) is 1. The van der Waals surface area contributed by atoms with E-state index in [2.05, 4.69) is 4.72 Å². The lowest BCUT2D eigenvalue weighted by Gasteiger charge is -2.18. The van der Waals surface area contributed by atoms with Gasteiger partial charge in [-0.2, -0.15) is 0 Å². The van der Waals surface area contributed by atoms with Crippen molar-refractivity contribution in [3.63, 3.8) is 0 Å². The van der Waals surface area contributed by atoms with Crippen molar-refractivity contribution in [2.45, 2.75) is 36.2 Å². The second kappa shape index (κ2) is 8.70. The van der Waals surface area contributed by atoms with Gasteiger partial charge >= 0.3 is 0 Å². The van der Waals surface area contributed by atoms with Gasteiger partial charge in [-0.05, 0) is 62.1 Å². The molecule has 0 aliphatic carbocycles. The van der Waals surface area contributed by atoms with Gasteiger partial charge in [-0.1, -0.05) is 12.1 Å². The van der Waals surface area contributed by atoms with E-state index in [0.29, 0.717) is 12.1 Å². The average Bonchev–Trinajstić information content (AvgIpc) is 2.60. The highest BCUT2D eigenvalue weighted by Gasteiger charge is 2.17. The van der Waals surface area contributed by atoms with Crippen LogP contribution in [0.1, 0.15) is 29.8 Å². The summed E-state index contributed by atoms with van der Waals surface area (Å²) < 4.78 is 26.8. The van der Waals surface area contributed by atoms with Crippen LogP contribution >= 0.6 is 11.8 Å². The zero-order valence-electron chi connectivity index (χ0n) is 15.4. The normalized spacial score (nSPS) is 11.6. The first-order chi connectivity index (χ1) is 12.2. The predicted molar refractivity (Wildman–Crippen MR) is 106 cm³/mol. The van der Waals surface area contributed by atoms with Crippen LogP contribution in [0.25, 0.3) is 0 Å². The number of nitrogens with zero attached hydrogens (tertiary/aromatic N) is 1. The fourth-order valence-electron chi connectivity index (χ4n) is 2.45. The quantitative estimate of drug-likeness (QED) is 0.734. The molecule has 7 heteroatoms. The Labute approximate surface area is 159 Å². The first-order valence-electron chi connectivity index (χ1n) is 8.23. The number of thioether (sulfide) groups is 1. The highest BCUT2D eigenvalue weighted by Crippen LogP contribution is 2.17. The summed E-state index contributed by atoms with van der Waals surface area (Å²) in [4.78, 5) is 15.5. The van der Waals surface area contributed by atoms with Crippen molar-refractivity contribution in [2.75, 3.05) is 13.3 Å². The Bertz CT molecular complexity index is 845. The molecule has 0 spiro atoms. The van der Waals surface area contributed by atoms with Gasteiger partial charge in [0.25, 0.3) is 5.91 Å². The topological polar surface area (TPSA) is 66.5 Å². The van der Waals surface area contributed by atoms with Crippen LogP contribution < -0.4 is 4.72 Å². The molecule has 2 rings (SSSR count). The molecule has 0 saturated heterocycles. The van der Waals surface area contributed by atoms with Gasteiger partial charge in [0, 0.05) is 30.1 Å². The number of carbonyl (C=O) groups excluding carboxylic acids is 1. The van der Waals surface area contributed by atoms with Crippen molar-refractivity contribution in [3.05, 3.63) is 59.7 Å². The molecular formula is C19H24N2O3S2. The Kier molecular flexibility index (Phi) is 6.86. The summed E-state index contributed by atoms with van der Waals surface area (Å²) >= 11 is 1.67. The molecule has 26 heavy (non-hydrogen) atoms. The lowest BCUT2D eigenvalue weighted by molar-refractivity contribution is 0.0785. The van der Waals surface area contributed by atoms with E-state index in [1.165, 1.54) is 17.0 Å². The number of benzene rings is 2. The van der Waals surface area contributed by atoms with E-state index in [4.69, 9.17) is 0 Å².